The van der Waals surface area contributed by atoms with E-state index in [1.54, 1.807) is 28.0 Å². The molecule has 3 aromatic rings. The van der Waals surface area contributed by atoms with Crippen molar-refractivity contribution < 1.29 is 23.9 Å². The predicted octanol–water partition coefficient (Wildman–Crippen LogP) is 6.41. The molecule has 0 radical (unpaired) electrons. The largest absolute Gasteiger partial charge is 0.496 e. The van der Waals surface area contributed by atoms with Gasteiger partial charge in [0.15, 0.2) is 0 Å². The molecular weight excluding hydrogens is 562 g/mol. The van der Waals surface area contributed by atoms with Crippen LogP contribution in [-0.2, 0) is 11.2 Å². The molecule has 2 aliphatic heterocycles. The molecule has 3 heterocycles. The zero-order chi connectivity index (χ0) is 29.3. The molecule has 10 heteroatoms. The number of amides is 3. The molecule has 0 atom stereocenters. The highest BCUT2D eigenvalue weighted by Crippen LogP contribution is 2.37. The van der Waals surface area contributed by atoms with Crippen LogP contribution in [0.2, 0.25) is 5.02 Å². The first-order chi connectivity index (χ1) is 19.5. The Labute approximate surface area is 249 Å². The highest BCUT2D eigenvalue weighted by Gasteiger charge is 2.31. The van der Waals surface area contributed by atoms with Gasteiger partial charge in [-0.15, -0.1) is 11.3 Å². The number of thiophene rings is 1. The van der Waals surface area contributed by atoms with Crippen molar-refractivity contribution in [3.05, 3.63) is 69.6 Å². The summed E-state index contributed by atoms with van der Waals surface area (Å²) >= 11 is 7.52. The Morgan fingerprint density at radius 2 is 1.73 bits per heavy atom. The zero-order valence-corrected chi connectivity index (χ0v) is 25.2. The maximum Gasteiger partial charge on any atom is 0.410 e. The van der Waals surface area contributed by atoms with Crippen molar-refractivity contribution in [2.45, 2.75) is 51.7 Å². The van der Waals surface area contributed by atoms with Gasteiger partial charge in [0.25, 0.3) is 11.8 Å². The number of carbonyl (C=O) groups is 3. The summed E-state index contributed by atoms with van der Waals surface area (Å²) in [5.41, 5.74) is 2.61. The van der Waals surface area contributed by atoms with Gasteiger partial charge in [-0.3, -0.25) is 9.59 Å². The average molecular weight is 596 g/mol. The van der Waals surface area contributed by atoms with Crippen molar-refractivity contribution in [2.24, 2.45) is 0 Å². The van der Waals surface area contributed by atoms with E-state index in [4.69, 9.17) is 21.1 Å². The lowest BCUT2D eigenvalue weighted by atomic mass is 10.0. The third-order valence-corrected chi connectivity index (χ3v) is 8.67. The van der Waals surface area contributed by atoms with Crippen molar-refractivity contribution >= 4 is 46.5 Å². The number of ether oxygens (including phenoxy) is 2. The van der Waals surface area contributed by atoms with Gasteiger partial charge in [0, 0.05) is 47.3 Å². The number of methoxy groups -OCH3 is 1. The fraction of sp³-hybridized carbons (Fsp3) is 0.387. The number of nitrogens with zero attached hydrogens (tertiary/aromatic N) is 2. The molecule has 5 rings (SSSR count). The second kappa shape index (κ2) is 11.7. The smallest absolute Gasteiger partial charge is 0.410 e. The number of fused-ring (bicyclic) bond motifs is 1. The van der Waals surface area contributed by atoms with E-state index in [2.05, 4.69) is 11.4 Å². The summed E-state index contributed by atoms with van der Waals surface area (Å²) in [5, 5.41) is 3.75. The molecule has 1 N–H and O–H groups in total. The Morgan fingerprint density at radius 3 is 2.39 bits per heavy atom. The van der Waals surface area contributed by atoms with E-state index in [9.17, 15) is 14.4 Å². The number of carbonyl (C=O) groups excluding carboxylic acids is 3. The Balaban J connectivity index is 1.24. The van der Waals surface area contributed by atoms with Gasteiger partial charge in [0.1, 0.15) is 11.4 Å². The van der Waals surface area contributed by atoms with E-state index >= 15 is 0 Å². The van der Waals surface area contributed by atoms with Crippen LogP contribution in [-0.4, -0.2) is 61.2 Å². The molecule has 0 unspecified atom stereocenters. The number of rotatable bonds is 5. The van der Waals surface area contributed by atoms with Crippen LogP contribution in [0.3, 0.4) is 0 Å². The number of piperidine rings is 1. The van der Waals surface area contributed by atoms with Crippen molar-refractivity contribution in [1.82, 2.24) is 10.2 Å². The van der Waals surface area contributed by atoms with Gasteiger partial charge in [-0.1, -0.05) is 23.7 Å². The summed E-state index contributed by atoms with van der Waals surface area (Å²) in [6.45, 7) is 7.09. The number of anilines is 1. The molecule has 0 aliphatic carbocycles. The SMILES string of the molecule is COc1cc(N2CCc3cc(-c4ccc(Cl)cc4)sc3C2=O)ccc1C(=O)NC1CCN(C(=O)OC(C)(C)C)CC1. The first-order valence-corrected chi connectivity index (χ1v) is 14.9. The van der Waals surface area contributed by atoms with Gasteiger partial charge in [-0.2, -0.15) is 0 Å². The summed E-state index contributed by atoms with van der Waals surface area (Å²) in [6, 6.07) is 14.9. The molecular formula is C31H34ClN3O5S. The van der Waals surface area contributed by atoms with E-state index in [0.29, 0.717) is 54.5 Å². The van der Waals surface area contributed by atoms with Crippen LogP contribution in [0.25, 0.3) is 10.4 Å². The highest BCUT2D eigenvalue weighted by molar-refractivity contribution is 7.17. The third-order valence-electron chi connectivity index (χ3n) is 7.21. The monoisotopic (exact) mass is 595 g/mol. The second-order valence-electron chi connectivity index (χ2n) is 11.3. The lowest BCUT2D eigenvalue weighted by Gasteiger charge is -2.33. The van der Waals surface area contributed by atoms with Crippen LogP contribution < -0.4 is 15.0 Å². The molecule has 1 aromatic heterocycles. The van der Waals surface area contributed by atoms with Crippen molar-refractivity contribution in [2.75, 3.05) is 31.6 Å². The molecule has 2 aliphatic rings. The van der Waals surface area contributed by atoms with Crippen LogP contribution in [0.4, 0.5) is 10.5 Å². The molecule has 0 bridgehead atoms. The van der Waals surface area contributed by atoms with E-state index < -0.39 is 5.60 Å². The van der Waals surface area contributed by atoms with E-state index in [-0.39, 0.29) is 23.9 Å². The van der Waals surface area contributed by atoms with Crippen molar-refractivity contribution in [3.8, 4) is 16.2 Å². The maximum atomic E-state index is 13.5. The first-order valence-electron chi connectivity index (χ1n) is 13.7. The van der Waals surface area contributed by atoms with Crippen LogP contribution in [0, 0.1) is 0 Å². The fourth-order valence-electron chi connectivity index (χ4n) is 5.09. The van der Waals surface area contributed by atoms with Gasteiger partial charge in [-0.25, -0.2) is 4.79 Å². The van der Waals surface area contributed by atoms with Crippen LogP contribution in [0.5, 0.6) is 5.75 Å². The number of hydrogen-bond acceptors (Lipinski definition) is 6. The van der Waals surface area contributed by atoms with Gasteiger partial charge >= 0.3 is 6.09 Å². The summed E-state index contributed by atoms with van der Waals surface area (Å²) in [7, 11) is 1.52. The minimum Gasteiger partial charge on any atom is -0.496 e. The minimum atomic E-state index is -0.546. The molecule has 1 saturated heterocycles. The maximum absolute atomic E-state index is 13.5. The number of likely N-dealkylation sites (tertiary alicyclic amines) is 1. The standard InChI is InChI=1S/C31H34ClN3O5S/c1-31(2,3)40-30(38)34-14-12-22(13-15-34)33-28(36)24-10-9-23(18-25(24)39-4)35-16-11-20-17-26(41-27(20)29(35)37)19-5-7-21(32)8-6-19/h5-10,17-18,22H,11-16H2,1-4H3,(H,33,36). The van der Waals surface area contributed by atoms with Crippen molar-refractivity contribution in [1.29, 1.82) is 0 Å². The van der Waals surface area contributed by atoms with Gasteiger partial charge in [0.05, 0.1) is 17.6 Å². The second-order valence-corrected chi connectivity index (χ2v) is 12.8. The van der Waals surface area contributed by atoms with Gasteiger partial charge in [0.2, 0.25) is 0 Å². The summed E-state index contributed by atoms with van der Waals surface area (Å²) in [5.74, 6) is 0.0903. The minimum absolute atomic E-state index is 0.0625. The summed E-state index contributed by atoms with van der Waals surface area (Å²) in [6.07, 6.45) is 1.67. The van der Waals surface area contributed by atoms with Gasteiger partial charge in [-0.05, 0) is 81.5 Å². The molecule has 1 fully saturated rings. The topological polar surface area (TPSA) is 88.2 Å². The van der Waals surface area contributed by atoms with Crippen LogP contribution in [0.1, 0.15) is 59.2 Å². The summed E-state index contributed by atoms with van der Waals surface area (Å²) in [4.78, 5) is 44.2. The Kier molecular flexibility index (Phi) is 8.29. The number of nitrogens with one attached hydrogen (secondary N) is 1. The fourth-order valence-corrected chi connectivity index (χ4v) is 6.38. The average Bonchev–Trinajstić information content (AvgIpc) is 3.38. The molecule has 0 spiro atoms. The number of hydrogen-bond donors (Lipinski definition) is 1. The first kappa shape index (κ1) is 29.0. The van der Waals surface area contributed by atoms with Crippen LogP contribution >= 0.6 is 22.9 Å². The molecule has 41 heavy (non-hydrogen) atoms. The Hall–Kier alpha value is -3.56. The molecule has 3 amide bonds. The number of halogens is 1. The lowest BCUT2D eigenvalue weighted by Crippen LogP contribution is -2.47. The van der Waals surface area contributed by atoms with Crippen LogP contribution in [0.15, 0.2) is 48.5 Å². The van der Waals surface area contributed by atoms with E-state index in [0.717, 1.165) is 27.3 Å². The third kappa shape index (κ3) is 6.52. The molecule has 8 nitrogen and oxygen atoms in total. The van der Waals surface area contributed by atoms with Gasteiger partial charge < -0.3 is 24.6 Å². The predicted molar refractivity (Wildman–Crippen MR) is 161 cm³/mol. The highest BCUT2D eigenvalue weighted by atomic mass is 35.5. The molecule has 0 saturated carbocycles. The zero-order valence-electron chi connectivity index (χ0n) is 23.7. The van der Waals surface area contributed by atoms with E-state index in [1.807, 2.05) is 45.0 Å². The normalized spacial score (nSPS) is 15.9. The van der Waals surface area contributed by atoms with E-state index in [1.165, 1.54) is 18.4 Å². The quantitative estimate of drug-likeness (QED) is 0.368. The summed E-state index contributed by atoms with van der Waals surface area (Å²) < 4.78 is 11.0. The lowest BCUT2D eigenvalue weighted by molar-refractivity contribution is 0.0199. The number of benzene rings is 2. The Bertz CT molecular complexity index is 1460. The molecule has 2 aromatic carbocycles. The molecule has 216 valence electrons. The Morgan fingerprint density at radius 1 is 1.02 bits per heavy atom. The van der Waals surface area contributed by atoms with Crippen molar-refractivity contribution in [3.63, 3.8) is 0 Å².